The highest BCUT2D eigenvalue weighted by Crippen LogP contribution is 2.12. The second kappa shape index (κ2) is 4.72. The molecule has 0 spiro atoms. The molecular formula is C10H12FNO2. The number of hydrogen-bond donors (Lipinski definition) is 1. The van der Waals surface area contributed by atoms with Gasteiger partial charge in [0.05, 0.1) is 12.2 Å². The average Bonchev–Trinajstić information content (AvgIpc) is 2.18. The second-order valence-corrected chi connectivity index (χ2v) is 2.73. The fraction of sp³-hybridized carbons (Fsp3) is 0.300. The van der Waals surface area contributed by atoms with Gasteiger partial charge in [0.25, 0.3) is 0 Å². The van der Waals surface area contributed by atoms with Crippen LogP contribution in [-0.2, 0) is 11.3 Å². The van der Waals surface area contributed by atoms with Crippen LogP contribution in [0.25, 0.3) is 0 Å². The van der Waals surface area contributed by atoms with Crippen LogP contribution in [0.2, 0.25) is 0 Å². The maximum atomic E-state index is 12.8. The van der Waals surface area contributed by atoms with Gasteiger partial charge in [-0.2, -0.15) is 0 Å². The topological polar surface area (TPSA) is 52.3 Å². The largest absolute Gasteiger partial charge is 0.462 e. The van der Waals surface area contributed by atoms with Crippen molar-refractivity contribution in [3.8, 4) is 0 Å². The third-order valence-corrected chi connectivity index (χ3v) is 1.79. The quantitative estimate of drug-likeness (QED) is 0.746. The first kappa shape index (κ1) is 10.7. The van der Waals surface area contributed by atoms with Gasteiger partial charge in [-0.15, -0.1) is 0 Å². The molecule has 1 rings (SSSR count). The van der Waals surface area contributed by atoms with Gasteiger partial charge >= 0.3 is 5.97 Å². The number of hydrogen-bond acceptors (Lipinski definition) is 3. The van der Waals surface area contributed by atoms with Gasteiger partial charge in [-0.05, 0) is 24.6 Å². The summed E-state index contributed by atoms with van der Waals surface area (Å²) in [6.45, 7) is 2.15. The van der Waals surface area contributed by atoms with Crippen LogP contribution in [0.5, 0.6) is 0 Å². The Bertz CT molecular complexity index is 339. The van der Waals surface area contributed by atoms with E-state index in [1.54, 1.807) is 6.92 Å². The van der Waals surface area contributed by atoms with Crippen molar-refractivity contribution in [3.05, 3.63) is 35.1 Å². The van der Waals surface area contributed by atoms with E-state index in [0.717, 1.165) is 6.07 Å². The molecule has 0 unspecified atom stereocenters. The van der Waals surface area contributed by atoms with Gasteiger partial charge in [-0.3, -0.25) is 0 Å². The number of halogens is 1. The molecule has 0 aliphatic heterocycles. The monoisotopic (exact) mass is 197 g/mol. The SMILES string of the molecule is CCOC(=O)c1cc(F)ccc1CN. The summed E-state index contributed by atoms with van der Waals surface area (Å²) in [5.74, 6) is -1.00. The van der Waals surface area contributed by atoms with Crippen LogP contribution in [0.3, 0.4) is 0 Å². The minimum atomic E-state index is -0.535. The molecular weight excluding hydrogens is 185 g/mol. The number of carbonyl (C=O) groups is 1. The van der Waals surface area contributed by atoms with Crippen LogP contribution in [0.15, 0.2) is 18.2 Å². The molecule has 0 bridgehead atoms. The first-order valence-electron chi connectivity index (χ1n) is 4.34. The molecule has 0 heterocycles. The number of carbonyl (C=O) groups excluding carboxylic acids is 1. The molecule has 0 saturated carbocycles. The molecule has 14 heavy (non-hydrogen) atoms. The first-order chi connectivity index (χ1) is 6.69. The second-order valence-electron chi connectivity index (χ2n) is 2.73. The fourth-order valence-corrected chi connectivity index (χ4v) is 1.13. The molecule has 76 valence electrons. The van der Waals surface area contributed by atoms with Crippen molar-refractivity contribution < 1.29 is 13.9 Å². The molecule has 4 heteroatoms. The van der Waals surface area contributed by atoms with E-state index in [-0.39, 0.29) is 18.7 Å². The highest BCUT2D eigenvalue weighted by molar-refractivity contribution is 5.91. The third kappa shape index (κ3) is 2.29. The molecule has 2 N–H and O–H groups in total. The standard InChI is InChI=1S/C10H12FNO2/c1-2-14-10(13)9-5-8(11)4-3-7(9)6-12/h3-5H,2,6,12H2,1H3. The molecule has 1 aromatic rings. The zero-order valence-corrected chi connectivity index (χ0v) is 7.92. The summed E-state index contributed by atoms with van der Waals surface area (Å²) in [6, 6.07) is 3.90. The van der Waals surface area contributed by atoms with E-state index in [1.165, 1.54) is 12.1 Å². The van der Waals surface area contributed by atoms with Crippen molar-refractivity contribution in [2.24, 2.45) is 5.73 Å². The Morgan fingerprint density at radius 3 is 2.86 bits per heavy atom. The van der Waals surface area contributed by atoms with E-state index in [1.807, 2.05) is 0 Å². The lowest BCUT2D eigenvalue weighted by atomic mass is 10.1. The smallest absolute Gasteiger partial charge is 0.338 e. The van der Waals surface area contributed by atoms with Gasteiger partial charge in [0.15, 0.2) is 0 Å². The average molecular weight is 197 g/mol. The van der Waals surface area contributed by atoms with Crippen LogP contribution in [0.4, 0.5) is 4.39 Å². The van der Waals surface area contributed by atoms with Gasteiger partial charge in [0.2, 0.25) is 0 Å². The predicted octanol–water partition coefficient (Wildman–Crippen LogP) is 1.46. The fourth-order valence-electron chi connectivity index (χ4n) is 1.13. The summed E-state index contributed by atoms with van der Waals surface area (Å²) in [6.07, 6.45) is 0. The zero-order valence-electron chi connectivity index (χ0n) is 7.92. The summed E-state index contributed by atoms with van der Waals surface area (Å²) < 4.78 is 17.6. The molecule has 1 aromatic carbocycles. The van der Waals surface area contributed by atoms with E-state index in [0.29, 0.717) is 5.56 Å². The number of benzene rings is 1. The zero-order chi connectivity index (χ0) is 10.6. The molecule has 0 aliphatic carbocycles. The lowest BCUT2D eigenvalue weighted by molar-refractivity contribution is 0.0524. The molecule has 0 radical (unpaired) electrons. The Morgan fingerprint density at radius 1 is 1.57 bits per heavy atom. The van der Waals surface area contributed by atoms with Crippen LogP contribution in [0.1, 0.15) is 22.8 Å². The Hall–Kier alpha value is -1.42. The van der Waals surface area contributed by atoms with E-state index in [2.05, 4.69) is 0 Å². The molecule has 0 aliphatic rings. The van der Waals surface area contributed by atoms with Crippen LogP contribution >= 0.6 is 0 Å². The number of rotatable bonds is 3. The predicted molar refractivity (Wildman–Crippen MR) is 50.2 cm³/mol. The first-order valence-corrected chi connectivity index (χ1v) is 4.34. The molecule has 0 atom stereocenters. The summed E-state index contributed by atoms with van der Waals surface area (Å²) in [4.78, 5) is 11.3. The lowest BCUT2D eigenvalue weighted by Crippen LogP contribution is -2.11. The molecule has 0 saturated heterocycles. The normalized spacial score (nSPS) is 9.93. The van der Waals surface area contributed by atoms with Crippen LogP contribution in [0, 0.1) is 5.82 Å². The Kier molecular flexibility index (Phi) is 3.59. The van der Waals surface area contributed by atoms with Crippen molar-refractivity contribution in [1.82, 2.24) is 0 Å². The minimum Gasteiger partial charge on any atom is -0.462 e. The van der Waals surface area contributed by atoms with Gasteiger partial charge in [-0.1, -0.05) is 6.07 Å². The van der Waals surface area contributed by atoms with Gasteiger partial charge in [0.1, 0.15) is 5.82 Å². The van der Waals surface area contributed by atoms with Crippen LogP contribution < -0.4 is 5.73 Å². The van der Waals surface area contributed by atoms with Crippen molar-refractivity contribution in [2.45, 2.75) is 13.5 Å². The molecule has 0 fully saturated rings. The van der Waals surface area contributed by atoms with Gasteiger partial charge in [-0.25, -0.2) is 9.18 Å². The summed E-state index contributed by atoms with van der Waals surface area (Å²) >= 11 is 0. The van der Waals surface area contributed by atoms with Crippen LogP contribution in [-0.4, -0.2) is 12.6 Å². The van der Waals surface area contributed by atoms with E-state index < -0.39 is 11.8 Å². The Balaban J connectivity index is 3.03. The highest BCUT2D eigenvalue weighted by Gasteiger charge is 2.12. The summed E-state index contributed by atoms with van der Waals surface area (Å²) in [5, 5.41) is 0. The van der Waals surface area contributed by atoms with Crippen molar-refractivity contribution in [1.29, 1.82) is 0 Å². The molecule has 3 nitrogen and oxygen atoms in total. The van der Waals surface area contributed by atoms with Crippen molar-refractivity contribution in [3.63, 3.8) is 0 Å². The molecule has 0 amide bonds. The maximum absolute atomic E-state index is 12.8. The third-order valence-electron chi connectivity index (χ3n) is 1.79. The lowest BCUT2D eigenvalue weighted by Gasteiger charge is -2.06. The molecule has 0 aromatic heterocycles. The van der Waals surface area contributed by atoms with Crippen molar-refractivity contribution >= 4 is 5.97 Å². The maximum Gasteiger partial charge on any atom is 0.338 e. The minimum absolute atomic E-state index is 0.189. The number of nitrogens with two attached hydrogens (primary N) is 1. The Labute approximate surface area is 81.7 Å². The van der Waals surface area contributed by atoms with E-state index in [9.17, 15) is 9.18 Å². The van der Waals surface area contributed by atoms with Crippen molar-refractivity contribution in [2.75, 3.05) is 6.61 Å². The number of esters is 1. The summed E-state index contributed by atoms with van der Waals surface area (Å²) in [5.41, 5.74) is 6.20. The van der Waals surface area contributed by atoms with E-state index >= 15 is 0 Å². The summed E-state index contributed by atoms with van der Waals surface area (Å²) in [7, 11) is 0. The highest BCUT2D eigenvalue weighted by atomic mass is 19.1. The van der Waals surface area contributed by atoms with Gasteiger partial charge in [0, 0.05) is 6.54 Å². The number of ether oxygens (including phenoxy) is 1. The Morgan fingerprint density at radius 2 is 2.29 bits per heavy atom. The van der Waals surface area contributed by atoms with E-state index in [4.69, 9.17) is 10.5 Å². The van der Waals surface area contributed by atoms with Gasteiger partial charge < -0.3 is 10.5 Å².